The number of fused-ring (bicyclic) bond motifs is 5. The second kappa shape index (κ2) is 5.05. The zero-order valence-electron chi connectivity index (χ0n) is 12.9. The fourth-order valence-electron chi connectivity index (χ4n) is 3.51. The summed E-state index contributed by atoms with van der Waals surface area (Å²) in [5.74, 6) is -0.0169. The van der Waals surface area contributed by atoms with E-state index >= 15 is 0 Å². The Balaban J connectivity index is 1.75. The lowest BCUT2D eigenvalue weighted by Crippen LogP contribution is -2.27. The summed E-state index contributed by atoms with van der Waals surface area (Å²) in [6.45, 7) is 0. The Kier molecular flexibility index (Phi) is 2.84. The Morgan fingerprint density at radius 1 is 0.708 bits per heavy atom. The van der Waals surface area contributed by atoms with Gasteiger partial charge in [0.05, 0.1) is 11.4 Å². The molecule has 5 rings (SSSR count). The molecule has 0 N–H and O–H groups in total. The first-order valence-corrected chi connectivity index (χ1v) is 8.07. The van der Waals surface area contributed by atoms with Gasteiger partial charge in [0.15, 0.2) is 0 Å². The van der Waals surface area contributed by atoms with Crippen LogP contribution in [0, 0.1) is 0 Å². The molecule has 24 heavy (non-hydrogen) atoms. The molecule has 0 aromatic heterocycles. The first-order valence-electron chi connectivity index (χ1n) is 8.07. The number of anilines is 2. The lowest BCUT2D eigenvalue weighted by molar-refractivity contribution is 0.0999. The maximum Gasteiger partial charge on any atom is 0.262 e. The molecule has 0 bridgehead atoms. The molecule has 2 atom stereocenters. The van der Waals surface area contributed by atoms with Gasteiger partial charge < -0.3 is 4.74 Å². The molecule has 3 nitrogen and oxygen atoms in total. The van der Waals surface area contributed by atoms with Gasteiger partial charge in [-0.1, -0.05) is 54.6 Å². The van der Waals surface area contributed by atoms with Gasteiger partial charge in [-0.05, 0) is 24.3 Å². The molecule has 116 valence electrons. The average molecular weight is 313 g/mol. The van der Waals surface area contributed by atoms with Crippen molar-refractivity contribution in [3.8, 4) is 0 Å². The van der Waals surface area contributed by atoms with E-state index in [1.807, 2.05) is 71.6 Å². The number of para-hydroxylation sites is 2. The molecule has 1 fully saturated rings. The summed E-state index contributed by atoms with van der Waals surface area (Å²) in [7, 11) is 0. The number of carbonyl (C=O) groups excluding carboxylic acids is 1. The van der Waals surface area contributed by atoms with Crippen molar-refractivity contribution in [3.63, 3.8) is 0 Å². The molecule has 2 unspecified atom stereocenters. The van der Waals surface area contributed by atoms with Crippen molar-refractivity contribution in [2.75, 3.05) is 4.90 Å². The first kappa shape index (κ1) is 13.5. The minimum atomic E-state index is -0.0169. The SMILES string of the molecule is O=C(c1ccccc1)N1c2ccccc2C2OC2c2ccccc21. The van der Waals surface area contributed by atoms with Crippen molar-refractivity contribution in [2.45, 2.75) is 12.2 Å². The molecule has 2 heterocycles. The minimum absolute atomic E-state index is 0.0169. The molecule has 2 aliphatic heterocycles. The van der Waals surface area contributed by atoms with Crippen LogP contribution in [0.2, 0.25) is 0 Å². The van der Waals surface area contributed by atoms with Crippen molar-refractivity contribution in [2.24, 2.45) is 0 Å². The van der Waals surface area contributed by atoms with Crippen LogP contribution in [0.5, 0.6) is 0 Å². The Morgan fingerprint density at radius 3 is 1.79 bits per heavy atom. The van der Waals surface area contributed by atoms with Gasteiger partial charge in [-0.25, -0.2) is 0 Å². The van der Waals surface area contributed by atoms with Gasteiger partial charge in [0.25, 0.3) is 5.91 Å². The third-order valence-corrected chi connectivity index (χ3v) is 4.68. The third-order valence-electron chi connectivity index (χ3n) is 4.68. The molecule has 1 saturated heterocycles. The van der Waals surface area contributed by atoms with E-state index in [-0.39, 0.29) is 18.1 Å². The van der Waals surface area contributed by atoms with Crippen LogP contribution in [0.4, 0.5) is 11.4 Å². The van der Waals surface area contributed by atoms with Crippen LogP contribution >= 0.6 is 0 Å². The molecule has 1 amide bonds. The van der Waals surface area contributed by atoms with Gasteiger partial charge in [-0.2, -0.15) is 0 Å². The zero-order valence-corrected chi connectivity index (χ0v) is 12.9. The second-order valence-electron chi connectivity index (χ2n) is 6.10. The van der Waals surface area contributed by atoms with Crippen molar-refractivity contribution in [1.29, 1.82) is 0 Å². The molecule has 3 aromatic carbocycles. The number of hydrogen-bond donors (Lipinski definition) is 0. The van der Waals surface area contributed by atoms with Crippen molar-refractivity contribution in [1.82, 2.24) is 0 Å². The maximum atomic E-state index is 13.3. The zero-order chi connectivity index (χ0) is 16.1. The largest absolute Gasteiger partial charge is 0.359 e. The first-order chi connectivity index (χ1) is 11.8. The molecular formula is C21H15NO2. The quantitative estimate of drug-likeness (QED) is 0.605. The Morgan fingerprint density at radius 2 is 1.21 bits per heavy atom. The van der Waals surface area contributed by atoms with E-state index in [2.05, 4.69) is 12.1 Å². The van der Waals surface area contributed by atoms with Crippen LogP contribution in [0.1, 0.15) is 33.7 Å². The molecule has 2 aliphatic rings. The van der Waals surface area contributed by atoms with E-state index in [1.165, 1.54) is 0 Å². The smallest absolute Gasteiger partial charge is 0.262 e. The second-order valence-corrected chi connectivity index (χ2v) is 6.10. The predicted molar refractivity (Wildman–Crippen MR) is 92.4 cm³/mol. The van der Waals surface area contributed by atoms with Crippen LogP contribution in [0.3, 0.4) is 0 Å². The number of benzene rings is 3. The highest BCUT2D eigenvalue weighted by molar-refractivity contribution is 6.12. The van der Waals surface area contributed by atoms with E-state index in [4.69, 9.17) is 4.74 Å². The van der Waals surface area contributed by atoms with Crippen LogP contribution in [0.15, 0.2) is 78.9 Å². The van der Waals surface area contributed by atoms with Gasteiger partial charge in [-0.15, -0.1) is 0 Å². The summed E-state index contributed by atoms with van der Waals surface area (Å²) in [6.07, 6.45) is 0.0758. The normalized spacial score (nSPS) is 20.4. The highest BCUT2D eigenvalue weighted by Gasteiger charge is 2.48. The molecule has 0 aliphatic carbocycles. The fourth-order valence-corrected chi connectivity index (χ4v) is 3.51. The average Bonchev–Trinajstić information content (AvgIpc) is 3.44. The summed E-state index contributed by atoms with van der Waals surface area (Å²) in [5, 5.41) is 0. The molecule has 0 saturated carbocycles. The minimum Gasteiger partial charge on any atom is -0.359 e. The van der Waals surface area contributed by atoms with E-state index in [9.17, 15) is 4.79 Å². The lowest BCUT2D eigenvalue weighted by atomic mass is 10.0. The standard InChI is InChI=1S/C21H15NO2/c23-21(14-8-2-1-3-9-14)22-17-12-6-4-10-15(17)19-20(24-19)16-11-5-7-13-18(16)22/h1-13,19-20H. The van der Waals surface area contributed by atoms with Crippen LogP contribution in [-0.4, -0.2) is 5.91 Å². The van der Waals surface area contributed by atoms with Gasteiger partial charge in [-0.3, -0.25) is 9.69 Å². The van der Waals surface area contributed by atoms with Crippen LogP contribution in [-0.2, 0) is 4.74 Å². The number of rotatable bonds is 1. The van der Waals surface area contributed by atoms with Crippen LogP contribution < -0.4 is 4.90 Å². The van der Waals surface area contributed by atoms with Gasteiger partial charge >= 0.3 is 0 Å². The summed E-state index contributed by atoms with van der Waals surface area (Å²) in [6, 6.07) is 25.5. The topological polar surface area (TPSA) is 32.8 Å². The number of carbonyl (C=O) groups is 1. The molecule has 3 aromatic rings. The van der Waals surface area contributed by atoms with Crippen molar-refractivity contribution < 1.29 is 9.53 Å². The highest BCUT2D eigenvalue weighted by Crippen LogP contribution is 2.58. The number of ether oxygens (including phenoxy) is 1. The van der Waals surface area contributed by atoms with Gasteiger partial charge in [0, 0.05) is 16.7 Å². The summed E-state index contributed by atoms with van der Waals surface area (Å²) < 4.78 is 5.91. The number of epoxide rings is 1. The maximum absolute atomic E-state index is 13.3. The van der Waals surface area contributed by atoms with Gasteiger partial charge in [0.1, 0.15) is 12.2 Å². The van der Waals surface area contributed by atoms with E-state index in [1.54, 1.807) is 0 Å². The summed E-state index contributed by atoms with van der Waals surface area (Å²) in [5.41, 5.74) is 4.64. The van der Waals surface area contributed by atoms with Crippen LogP contribution in [0.25, 0.3) is 0 Å². The van der Waals surface area contributed by atoms with Gasteiger partial charge in [0.2, 0.25) is 0 Å². The summed E-state index contributed by atoms with van der Waals surface area (Å²) >= 11 is 0. The number of hydrogen-bond acceptors (Lipinski definition) is 2. The fraction of sp³-hybridized carbons (Fsp3) is 0.0952. The van der Waals surface area contributed by atoms with Crippen molar-refractivity contribution >= 4 is 17.3 Å². The lowest BCUT2D eigenvalue weighted by Gasteiger charge is -2.25. The van der Waals surface area contributed by atoms with E-state index in [0.29, 0.717) is 5.56 Å². The Labute approximate surface area is 140 Å². The third kappa shape index (κ3) is 1.92. The Bertz CT molecular complexity index is 884. The molecule has 0 spiro atoms. The number of amides is 1. The Hall–Kier alpha value is -2.91. The molecule has 3 heteroatoms. The predicted octanol–water partition coefficient (Wildman–Crippen LogP) is 4.79. The molecule has 0 radical (unpaired) electrons. The van der Waals surface area contributed by atoms with E-state index in [0.717, 1.165) is 22.5 Å². The summed E-state index contributed by atoms with van der Waals surface area (Å²) in [4.78, 5) is 15.1. The molecular weight excluding hydrogens is 298 g/mol. The monoisotopic (exact) mass is 313 g/mol. The van der Waals surface area contributed by atoms with Crippen molar-refractivity contribution in [3.05, 3.63) is 95.6 Å². The number of nitrogens with zero attached hydrogens (tertiary/aromatic N) is 1. The van der Waals surface area contributed by atoms with E-state index < -0.39 is 0 Å². The highest BCUT2D eigenvalue weighted by atomic mass is 16.6.